The minimum atomic E-state index is 0.143. The number of nitrogens with one attached hydrogen (secondary N) is 1. The lowest BCUT2D eigenvalue weighted by Gasteiger charge is -1.86. The molecule has 0 saturated carbocycles. The third-order valence-corrected chi connectivity index (χ3v) is 1.09. The van der Waals surface area contributed by atoms with Crippen molar-refractivity contribution < 1.29 is 4.79 Å². The van der Waals surface area contributed by atoms with Gasteiger partial charge in [0.05, 0.1) is 0 Å². The van der Waals surface area contributed by atoms with E-state index in [0.717, 1.165) is 0 Å². The van der Waals surface area contributed by atoms with E-state index >= 15 is 0 Å². The highest BCUT2D eigenvalue weighted by molar-refractivity contribution is 5.75. The Morgan fingerprint density at radius 1 is 1.70 bits per heavy atom. The lowest BCUT2D eigenvalue weighted by Crippen LogP contribution is -1.95. The number of aromatic amines is 1. The molecule has 0 spiro atoms. The molecule has 1 aromatic heterocycles. The van der Waals surface area contributed by atoms with Gasteiger partial charge in [0.25, 0.3) is 0 Å². The van der Waals surface area contributed by atoms with Crippen LogP contribution in [0.1, 0.15) is 19.2 Å². The van der Waals surface area contributed by atoms with Gasteiger partial charge < -0.3 is 4.79 Å². The first-order valence-electron chi connectivity index (χ1n) is 3.01. The molecule has 0 fully saturated rings. The molecule has 0 radical (unpaired) electrons. The van der Waals surface area contributed by atoms with Crippen LogP contribution in [0.5, 0.6) is 0 Å². The Labute approximate surface area is 57.8 Å². The Hall–Kier alpha value is -1.26. The number of tetrazole rings is 1. The van der Waals surface area contributed by atoms with Gasteiger partial charge in [0.15, 0.2) is 5.82 Å². The largest absolute Gasteiger partial charge is 0.300 e. The van der Waals surface area contributed by atoms with E-state index in [4.69, 9.17) is 0 Å². The predicted octanol–water partition coefficient (Wildman–Crippen LogP) is -0.279. The number of H-pyrrole nitrogens is 1. The number of hydrogen-bond acceptors (Lipinski definition) is 4. The number of ketones is 1. The molecule has 1 heterocycles. The number of Topliss-reactive ketones (excluding diaryl/α,β-unsaturated/α-hetero) is 1. The Bertz CT molecular complexity index is 205. The SMILES string of the molecule is CC(=O)CCc1nn[nH]n1. The highest BCUT2D eigenvalue weighted by Crippen LogP contribution is 1.91. The second-order valence-corrected chi connectivity index (χ2v) is 2.03. The maximum atomic E-state index is 10.5. The van der Waals surface area contributed by atoms with Crippen molar-refractivity contribution in [3.05, 3.63) is 5.82 Å². The summed E-state index contributed by atoms with van der Waals surface area (Å²) in [6.45, 7) is 1.54. The van der Waals surface area contributed by atoms with Gasteiger partial charge in [-0.3, -0.25) is 0 Å². The molecule has 0 unspecified atom stereocenters. The highest BCUT2D eigenvalue weighted by Gasteiger charge is 1.99. The molecular weight excluding hydrogens is 132 g/mol. The Kier molecular flexibility index (Phi) is 2.09. The van der Waals surface area contributed by atoms with E-state index in [0.29, 0.717) is 18.7 Å². The van der Waals surface area contributed by atoms with E-state index in [9.17, 15) is 4.79 Å². The standard InChI is InChI=1S/C5H8N4O/c1-4(10)2-3-5-6-8-9-7-5/h2-3H2,1H3,(H,6,7,8,9). The van der Waals surface area contributed by atoms with Gasteiger partial charge in [-0.15, -0.1) is 10.2 Å². The van der Waals surface area contributed by atoms with E-state index in [1.165, 1.54) is 0 Å². The van der Waals surface area contributed by atoms with Crippen LogP contribution in [0.2, 0.25) is 0 Å². The normalized spacial score (nSPS) is 9.70. The summed E-state index contributed by atoms with van der Waals surface area (Å²) in [5.41, 5.74) is 0. The molecule has 5 nitrogen and oxygen atoms in total. The number of rotatable bonds is 3. The number of nitrogens with zero attached hydrogens (tertiary/aromatic N) is 3. The minimum Gasteiger partial charge on any atom is -0.300 e. The summed E-state index contributed by atoms with van der Waals surface area (Å²) in [6.07, 6.45) is 1.06. The van der Waals surface area contributed by atoms with Crippen molar-refractivity contribution in [1.82, 2.24) is 20.6 Å². The van der Waals surface area contributed by atoms with Crippen LogP contribution in [-0.4, -0.2) is 26.4 Å². The van der Waals surface area contributed by atoms with E-state index < -0.39 is 0 Å². The molecule has 5 heteroatoms. The zero-order chi connectivity index (χ0) is 7.40. The molecule has 0 aromatic carbocycles. The van der Waals surface area contributed by atoms with Crippen molar-refractivity contribution >= 4 is 5.78 Å². The number of hydrogen-bond donors (Lipinski definition) is 1. The van der Waals surface area contributed by atoms with Gasteiger partial charge in [-0.05, 0) is 6.92 Å². The van der Waals surface area contributed by atoms with Crippen LogP contribution < -0.4 is 0 Å². The lowest BCUT2D eigenvalue weighted by molar-refractivity contribution is -0.117. The number of aromatic nitrogens is 4. The third-order valence-electron chi connectivity index (χ3n) is 1.09. The smallest absolute Gasteiger partial charge is 0.174 e. The zero-order valence-corrected chi connectivity index (χ0v) is 5.66. The van der Waals surface area contributed by atoms with Gasteiger partial charge in [0.1, 0.15) is 5.78 Å². The molecule has 54 valence electrons. The maximum Gasteiger partial charge on any atom is 0.174 e. The monoisotopic (exact) mass is 140 g/mol. The van der Waals surface area contributed by atoms with Crippen molar-refractivity contribution in [2.45, 2.75) is 19.8 Å². The van der Waals surface area contributed by atoms with Crippen LogP contribution in [0.3, 0.4) is 0 Å². The van der Waals surface area contributed by atoms with Crippen LogP contribution in [0.4, 0.5) is 0 Å². The quantitative estimate of drug-likeness (QED) is 0.626. The average Bonchev–Trinajstić information content (AvgIpc) is 2.34. The number of aryl methyl sites for hydroxylation is 1. The second kappa shape index (κ2) is 3.05. The summed E-state index contributed by atoms with van der Waals surface area (Å²) in [7, 11) is 0. The molecule has 0 saturated heterocycles. The van der Waals surface area contributed by atoms with Crippen LogP contribution >= 0.6 is 0 Å². The summed E-state index contributed by atoms with van der Waals surface area (Å²) in [6, 6.07) is 0. The third kappa shape index (κ3) is 1.93. The fourth-order valence-corrected chi connectivity index (χ4v) is 0.576. The Morgan fingerprint density at radius 3 is 3.00 bits per heavy atom. The van der Waals surface area contributed by atoms with Crippen molar-refractivity contribution in [2.75, 3.05) is 0 Å². The van der Waals surface area contributed by atoms with Crippen LogP contribution in [0, 0.1) is 0 Å². The fourth-order valence-electron chi connectivity index (χ4n) is 0.576. The lowest BCUT2D eigenvalue weighted by atomic mass is 10.2. The second-order valence-electron chi connectivity index (χ2n) is 2.03. The molecule has 10 heavy (non-hydrogen) atoms. The topological polar surface area (TPSA) is 71.5 Å². The van der Waals surface area contributed by atoms with E-state index in [-0.39, 0.29) is 5.78 Å². The zero-order valence-electron chi connectivity index (χ0n) is 5.66. The molecule has 1 N–H and O–H groups in total. The predicted molar refractivity (Wildman–Crippen MR) is 33.2 cm³/mol. The van der Waals surface area contributed by atoms with Crippen molar-refractivity contribution in [1.29, 1.82) is 0 Å². The molecule has 0 amide bonds. The fraction of sp³-hybridized carbons (Fsp3) is 0.600. The molecule has 0 aliphatic heterocycles. The summed E-state index contributed by atoms with van der Waals surface area (Å²) in [5, 5.41) is 13.0. The van der Waals surface area contributed by atoms with Gasteiger partial charge in [0, 0.05) is 12.8 Å². The van der Waals surface area contributed by atoms with Crippen molar-refractivity contribution in [2.24, 2.45) is 0 Å². The molecule has 0 bridgehead atoms. The summed E-state index contributed by atoms with van der Waals surface area (Å²) >= 11 is 0. The van der Waals surface area contributed by atoms with Crippen molar-refractivity contribution in [3.63, 3.8) is 0 Å². The Balaban J connectivity index is 2.35. The first kappa shape index (κ1) is 6.85. The first-order valence-corrected chi connectivity index (χ1v) is 3.01. The van der Waals surface area contributed by atoms with Crippen molar-refractivity contribution in [3.8, 4) is 0 Å². The highest BCUT2D eigenvalue weighted by atomic mass is 16.1. The van der Waals surface area contributed by atoms with Gasteiger partial charge in [-0.25, -0.2) is 0 Å². The maximum absolute atomic E-state index is 10.5. The summed E-state index contributed by atoms with van der Waals surface area (Å²) < 4.78 is 0. The van der Waals surface area contributed by atoms with Gasteiger partial charge in [0.2, 0.25) is 0 Å². The molecular formula is C5H8N4O. The van der Waals surface area contributed by atoms with E-state index in [1.54, 1.807) is 6.92 Å². The van der Waals surface area contributed by atoms with Gasteiger partial charge >= 0.3 is 0 Å². The van der Waals surface area contributed by atoms with Gasteiger partial charge in [-0.2, -0.15) is 5.21 Å². The summed E-state index contributed by atoms with van der Waals surface area (Å²) in [5.74, 6) is 0.736. The molecule has 0 aliphatic rings. The molecule has 0 aliphatic carbocycles. The minimum absolute atomic E-state index is 0.143. The van der Waals surface area contributed by atoms with Gasteiger partial charge in [-0.1, -0.05) is 5.21 Å². The number of carbonyl (C=O) groups excluding carboxylic acids is 1. The number of carbonyl (C=O) groups is 1. The molecule has 1 aromatic rings. The average molecular weight is 140 g/mol. The van der Waals surface area contributed by atoms with Crippen LogP contribution in [0.25, 0.3) is 0 Å². The van der Waals surface area contributed by atoms with E-state index in [1.807, 2.05) is 0 Å². The molecule has 1 rings (SSSR count). The Morgan fingerprint density at radius 2 is 2.50 bits per heavy atom. The molecule has 0 atom stereocenters. The van der Waals surface area contributed by atoms with Crippen LogP contribution in [0.15, 0.2) is 0 Å². The van der Waals surface area contributed by atoms with Crippen LogP contribution in [-0.2, 0) is 11.2 Å². The summed E-state index contributed by atoms with van der Waals surface area (Å²) in [4.78, 5) is 10.5. The first-order chi connectivity index (χ1) is 4.79. The van der Waals surface area contributed by atoms with E-state index in [2.05, 4.69) is 20.6 Å².